The van der Waals surface area contributed by atoms with Crippen molar-refractivity contribution < 1.29 is 9.53 Å². The van der Waals surface area contributed by atoms with Gasteiger partial charge >= 0.3 is 0 Å². The molecule has 106 valence electrons. The minimum absolute atomic E-state index is 0.0683. The number of rotatable bonds is 6. The Morgan fingerprint density at radius 2 is 2.05 bits per heavy atom. The highest BCUT2D eigenvalue weighted by Crippen LogP contribution is 2.22. The van der Waals surface area contributed by atoms with Crippen molar-refractivity contribution in [3.63, 3.8) is 0 Å². The molecule has 1 amide bonds. The summed E-state index contributed by atoms with van der Waals surface area (Å²) in [7, 11) is 0. The first-order valence-corrected chi connectivity index (χ1v) is 7.40. The van der Waals surface area contributed by atoms with Crippen LogP contribution in [0.15, 0.2) is 22.7 Å². The Bertz CT molecular complexity index is 432. The van der Waals surface area contributed by atoms with E-state index in [0.717, 1.165) is 16.5 Å². The largest absolute Gasteiger partial charge is 0.481 e. The van der Waals surface area contributed by atoms with E-state index in [1.165, 1.54) is 0 Å². The summed E-state index contributed by atoms with van der Waals surface area (Å²) in [6, 6.07) is 5.70. The minimum Gasteiger partial charge on any atom is -0.481 e. The van der Waals surface area contributed by atoms with Gasteiger partial charge in [-0.2, -0.15) is 0 Å². The van der Waals surface area contributed by atoms with Gasteiger partial charge in [0, 0.05) is 11.0 Å². The Labute approximate surface area is 123 Å². The summed E-state index contributed by atoms with van der Waals surface area (Å²) in [5.74, 6) is 1.24. The average Bonchev–Trinajstić information content (AvgIpc) is 2.33. The summed E-state index contributed by atoms with van der Waals surface area (Å²) < 4.78 is 6.67. The van der Waals surface area contributed by atoms with Crippen LogP contribution in [0, 0.1) is 12.8 Å². The topological polar surface area (TPSA) is 38.3 Å². The maximum absolute atomic E-state index is 11.8. The van der Waals surface area contributed by atoms with Crippen LogP contribution in [-0.2, 0) is 4.79 Å². The molecule has 0 bridgehead atoms. The lowest BCUT2D eigenvalue weighted by Gasteiger charge is -2.15. The predicted molar refractivity (Wildman–Crippen MR) is 81.4 cm³/mol. The molecule has 1 unspecified atom stereocenters. The summed E-state index contributed by atoms with van der Waals surface area (Å²) in [6.07, 6.45) is 0.503. The number of carbonyl (C=O) groups excluding carboxylic acids is 1. The number of nitrogens with one attached hydrogen (secondary N) is 1. The summed E-state index contributed by atoms with van der Waals surface area (Å²) in [5.41, 5.74) is 1.09. The van der Waals surface area contributed by atoms with Gasteiger partial charge in [-0.15, -0.1) is 0 Å². The maximum Gasteiger partial charge on any atom is 0.260 e. The summed E-state index contributed by atoms with van der Waals surface area (Å²) in [6.45, 7) is 8.73. The molecule has 3 nitrogen and oxygen atoms in total. The quantitative estimate of drug-likeness (QED) is 0.865. The number of hydrogen-bond donors (Lipinski definition) is 1. The second kappa shape index (κ2) is 7.53. The van der Waals surface area contributed by atoms with Crippen molar-refractivity contribution in [3.8, 4) is 5.75 Å². The van der Waals surface area contributed by atoms with E-state index in [1.807, 2.05) is 25.1 Å². The molecule has 0 aliphatic heterocycles. The van der Waals surface area contributed by atoms with Crippen molar-refractivity contribution >= 4 is 21.8 Å². The molecular formula is C15H22BrNO2. The van der Waals surface area contributed by atoms with Crippen molar-refractivity contribution in [3.05, 3.63) is 28.2 Å². The standard InChI is InChI=1S/C15H22BrNO2/c1-10(2)7-8-17-15(18)12(4)19-13-5-6-14(16)11(3)9-13/h5-6,9-10,12H,7-8H2,1-4H3,(H,17,18). The Morgan fingerprint density at radius 1 is 1.37 bits per heavy atom. The molecule has 0 heterocycles. The first-order valence-electron chi connectivity index (χ1n) is 6.60. The predicted octanol–water partition coefficient (Wildman–Crippen LogP) is 3.69. The first kappa shape index (κ1) is 16.0. The second-order valence-corrected chi connectivity index (χ2v) is 6.00. The number of aryl methyl sites for hydroxylation is 1. The minimum atomic E-state index is -0.479. The Balaban J connectivity index is 2.47. The molecule has 0 aliphatic carbocycles. The molecule has 0 fully saturated rings. The van der Waals surface area contributed by atoms with E-state index in [9.17, 15) is 4.79 Å². The van der Waals surface area contributed by atoms with Crippen LogP contribution in [0.2, 0.25) is 0 Å². The second-order valence-electron chi connectivity index (χ2n) is 5.14. The van der Waals surface area contributed by atoms with E-state index in [0.29, 0.717) is 18.2 Å². The monoisotopic (exact) mass is 327 g/mol. The molecule has 1 rings (SSSR count). The molecule has 4 heteroatoms. The summed E-state index contributed by atoms with van der Waals surface area (Å²) >= 11 is 3.44. The molecule has 1 aromatic rings. The van der Waals surface area contributed by atoms with Gasteiger partial charge in [-0.3, -0.25) is 4.79 Å². The fourth-order valence-electron chi connectivity index (χ4n) is 1.58. The van der Waals surface area contributed by atoms with E-state index in [1.54, 1.807) is 6.92 Å². The highest BCUT2D eigenvalue weighted by molar-refractivity contribution is 9.10. The van der Waals surface area contributed by atoms with Gasteiger partial charge in [-0.05, 0) is 49.9 Å². The number of halogens is 1. The van der Waals surface area contributed by atoms with Gasteiger partial charge in [0.15, 0.2) is 6.10 Å². The van der Waals surface area contributed by atoms with E-state index in [2.05, 4.69) is 35.1 Å². The number of amides is 1. The van der Waals surface area contributed by atoms with Crippen molar-refractivity contribution in [1.29, 1.82) is 0 Å². The average molecular weight is 328 g/mol. The van der Waals surface area contributed by atoms with E-state index >= 15 is 0 Å². The Morgan fingerprint density at radius 3 is 2.63 bits per heavy atom. The SMILES string of the molecule is Cc1cc(OC(C)C(=O)NCCC(C)C)ccc1Br. The zero-order valence-corrected chi connectivity index (χ0v) is 13.6. The van der Waals surface area contributed by atoms with Crippen LogP contribution in [0.25, 0.3) is 0 Å². The lowest BCUT2D eigenvalue weighted by molar-refractivity contribution is -0.127. The molecule has 0 aliphatic rings. The third-order valence-corrected chi connectivity index (χ3v) is 3.72. The zero-order chi connectivity index (χ0) is 14.4. The maximum atomic E-state index is 11.8. The van der Waals surface area contributed by atoms with Crippen LogP contribution in [0.4, 0.5) is 0 Å². The van der Waals surface area contributed by atoms with Crippen LogP contribution in [0.5, 0.6) is 5.75 Å². The highest BCUT2D eigenvalue weighted by atomic mass is 79.9. The van der Waals surface area contributed by atoms with Gasteiger partial charge in [-0.25, -0.2) is 0 Å². The zero-order valence-electron chi connectivity index (χ0n) is 12.0. The van der Waals surface area contributed by atoms with Crippen molar-refractivity contribution in [2.45, 2.75) is 40.2 Å². The third kappa shape index (κ3) is 5.64. The number of benzene rings is 1. The number of ether oxygens (including phenoxy) is 1. The van der Waals surface area contributed by atoms with Gasteiger partial charge in [-0.1, -0.05) is 29.8 Å². The van der Waals surface area contributed by atoms with Crippen LogP contribution in [0.1, 0.15) is 32.8 Å². The van der Waals surface area contributed by atoms with Crippen molar-refractivity contribution in [2.75, 3.05) is 6.54 Å². The van der Waals surface area contributed by atoms with Crippen LogP contribution >= 0.6 is 15.9 Å². The first-order chi connectivity index (χ1) is 8.90. The lowest BCUT2D eigenvalue weighted by Crippen LogP contribution is -2.37. The summed E-state index contributed by atoms with van der Waals surface area (Å²) in [5, 5.41) is 2.89. The van der Waals surface area contributed by atoms with Crippen LogP contribution in [0.3, 0.4) is 0 Å². The van der Waals surface area contributed by atoms with Crippen molar-refractivity contribution in [2.24, 2.45) is 5.92 Å². The Kier molecular flexibility index (Phi) is 6.35. The van der Waals surface area contributed by atoms with Crippen LogP contribution in [-0.4, -0.2) is 18.6 Å². The van der Waals surface area contributed by atoms with Gasteiger partial charge in [0.25, 0.3) is 5.91 Å². The molecule has 0 saturated heterocycles. The molecule has 0 spiro atoms. The normalized spacial score (nSPS) is 12.3. The van der Waals surface area contributed by atoms with E-state index < -0.39 is 6.10 Å². The Hall–Kier alpha value is -1.03. The number of carbonyl (C=O) groups is 1. The molecular weight excluding hydrogens is 306 g/mol. The molecule has 1 aromatic carbocycles. The van der Waals surface area contributed by atoms with Gasteiger partial charge in [0.05, 0.1) is 0 Å². The summed E-state index contributed by atoms with van der Waals surface area (Å²) in [4.78, 5) is 11.8. The highest BCUT2D eigenvalue weighted by Gasteiger charge is 2.14. The van der Waals surface area contributed by atoms with E-state index in [-0.39, 0.29) is 5.91 Å². The third-order valence-electron chi connectivity index (χ3n) is 2.83. The van der Waals surface area contributed by atoms with Gasteiger partial charge in [0.1, 0.15) is 5.75 Å². The fraction of sp³-hybridized carbons (Fsp3) is 0.533. The van der Waals surface area contributed by atoms with Gasteiger partial charge in [0.2, 0.25) is 0 Å². The molecule has 0 aromatic heterocycles. The van der Waals surface area contributed by atoms with Crippen molar-refractivity contribution in [1.82, 2.24) is 5.32 Å². The molecule has 1 N–H and O–H groups in total. The molecule has 0 saturated carbocycles. The smallest absolute Gasteiger partial charge is 0.260 e. The van der Waals surface area contributed by atoms with E-state index in [4.69, 9.17) is 4.74 Å². The lowest BCUT2D eigenvalue weighted by atomic mass is 10.1. The fourth-order valence-corrected chi connectivity index (χ4v) is 1.82. The molecule has 0 radical (unpaired) electrons. The number of hydrogen-bond acceptors (Lipinski definition) is 2. The molecule has 19 heavy (non-hydrogen) atoms. The van der Waals surface area contributed by atoms with Crippen LogP contribution < -0.4 is 10.1 Å². The molecule has 1 atom stereocenters. The van der Waals surface area contributed by atoms with Gasteiger partial charge < -0.3 is 10.1 Å².